The van der Waals surface area contributed by atoms with Gasteiger partial charge in [0.25, 0.3) is 0 Å². The lowest BCUT2D eigenvalue weighted by Crippen LogP contribution is -2.46. The quantitative estimate of drug-likeness (QED) is 0.817. The number of methoxy groups -OCH3 is 1. The van der Waals surface area contributed by atoms with E-state index in [9.17, 15) is 8.42 Å². The Morgan fingerprint density at radius 1 is 1.33 bits per heavy atom. The van der Waals surface area contributed by atoms with E-state index in [1.165, 1.54) is 13.2 Å². The van der Waals surface area contributed by atoms with E-state index in [-0.39, 0.29) is 11.5 Å². The van der Waals surface area contributed by atoms with E-state index >= 15 is 0 Å². The predicted octanol–water partition coefficient (Wildman–Crippen LogP) is 1.52. The Balaban J connectivity index is 2.54. The van der Waals surface area contributed by atoms with Crippen molar-refractivity contribution in [1.82, 2.24) is 9.71 Å². The highest BCUT2D eigenvalue weighted by Gasteiger charge is 2.28. The van der Waals surface area contributed by atoms with Crippen LogP contribution in [0.2, 0.25) is 0 Å². The lowest BCUT2D eigenvalue weighted by Gasteiger charge is -2.25. The van der Waals surface area contributed by atoms with E-state index in [2.05, 4.69) is 9.71 Å². The molecule has 7 heteroatoms. The van der Waals surface area contributed by atoms with Crippen LogP contribution in [0.25, 0.3) is 10.9 Å². The van der Waals surface area contributed by atoms with Crippen molar-refractivity contribution in [2.24, 2.45) is 0 Å². The third-order valence-corrected chi connectivity index (χ3v) is 4.70. The van der Waals surface area contributed by atoms with Crippen molar-refractivity contribution in [3.05, 3.63) is 30.5 Å². The summed E-state index contributed by atoms with van der Waals surface area (Å²) in [5.41, 5.74) is 6.00. The van der Waals surface area contributed by atoms with Crippen molar-refractivity contribution in [1.29, 1.82) is 0 Å². The van der Waals surface area contributed by atoms with E-state index in [1.54, 1.807) is 38.2 Å². The van der Waals surface area contributed by atoms with Gasteiger partial charge in [0.15, 0.2) is 0 Å². The first-order valence-corrected chi connectivity index (χ1v) is 7.91. The van der Waals surface area contributed by atoms with E-state index in [4.69, 9.17) is 10.5 Å². The fourth-order valence-electron chi connectivity index (χ4n) is 2.19. The number of nitrogens with zero attached hydrogens (tertiary/aromatic N) is 1. The average Bonchev–Trinajstić information content (AvgIpc) is 2.37. The van der Waals surface area contributed by atoms with Crippen LogP contribution < -0.4 is 10.5 Å². The van der Waals surface area contributed by atoms with Crippen LogP contribution in [0.5, 0.6) is 0 Å². The van der Waals surface area contributed by atoms with Crippen molar-refractivity contribution in [3.63, 3.8) is 0 Å². The molecule has 2 rings (SSSR count). The molecule has 0 saturated carbocycles. The molecule has 6 nitrogen and oxygen atoms in total. The molecule has 2 aromatic rings. The number of pyridine rings is 1. The van der Waals surface area contributed by atoms with Gasteiger partial charge in [-0.2, -0.15) is 0 Å². The molecule has 0 unspecified atom stereocenters. The fraction of sp³-hybridized carbons (Fsp3) is 0.357. The number of ether oxygens (including phenoxy) is 1. The number of hydrogen-bond donors (Lipinski definition) is 2. The molecule has 0 atom stereocenters. The van der Waals surface area contributed by atoms with Crippen LogP contribution in [0.3, 0.4) is 0 Å². The molecule has 1 aromatic heterocycles. The highest BCUT2D eigenvalue weighted by Crippen LogP contribution is 2.26. The molecular weight excluding hydrogens is 290 g/mol. The maximum absolute atomic E-state index is 12.6. The maximum Gasteiger partial charge on any atom is 0.243 e. The summed E-state index contributed by atoms with van der Waals surface area (Å²) >= 11 is 0. The molecule has 3 N–H and O–H groups in total. The number of sulfonamides is 1. The van der Waals surface area contributed by atoms with Crippen molar-refractivity contribution >= 4 is 26.6 Å². The number of nitrogen functional groups attached to an aromatic ring is 1. The highest BCUT2D eigenvalue weighted by atomic mass is 32.2. The van der Waals surface area contributed by atoms with Crippen molar-refractivity contribution in [2.75, 3.05) is 19.5 Å². The van der Waals surface area contributed by atoms with Gasteiger partial charge in [0.2, 0.25) is 10.0 Å². The van der Waals surface area contributed by atoms with Crippen LogP contribution in [-0.4, -0.2) is 32.7 Å². The second-order valence-electron chi connectivity index (χ2n) is 5.47. The minimum absolute atomic E-state index is 0.108. The molecule has 21 heavy (non-hydrogen) atoms. The zero-order valence-corrected chi connectivity index (χ0v) is 13.1. The Kier molecular flexibility index (Phi) is 4.18. The molecule has 114 valence electrons. The van der Waals surface area contributed by atoms with E-state index in [0.29, 0.717) is 16.6 Å². The molecule has 0 aliphatic rings. The van der Waals surface area contributed by atoms with Crippen LogP contribution in [0.15, 0.2) is 35.4 Å². The third kappa shape index (κ3) is 3.31. The van der Waals surface area contributed by atoms with Gasteiger partial charge in [0, 0.05) is 24.4 Å². The normalized spacial score (nSPS) is 12.7. The van der Waals surface area contributed by atoms with Crippen LogP contribution in [0.1, 0.15) is 13.8 Å². The summed E-state index contributed by atoms with van der Waals surface area (Å²) in [5.74, 6) is 0. The third-order valence-electron chi connectivity index (χ3n) is 2.97. The summed E-state index contributed by atoms with van der Waals surface area (Å²) in [6, 6.07) is 6.51. The predicted molar refractivity (Wildman–Crippen MR) is 82.4 cm³/mol. The molecule has 0 saturated heterocycles. The summed E-state index contributed by atoms with van der Waals surface area (Å²) < 4.78 is 32.9. The Morgan fingerprint density at radius 3 is 2.71 bits per heavy atom. The molecule has 0 radical (unpaired) electrons. The van der Waals surface area contributed by atoms with E-state index in [0.717, 1.165) is 0 Å². The van der Waals surface area contributed by atoms with Crippen LogP contribution in [0, 0.1) is 0 Å². The molecule has 0 amide bonds. The number of nitrogens with two attached hydrogens (primary N) is 1. The Hall–Kier alpha value is -1.70. The van der Waals surface area contributed by atoms with Gasteiger partial charge in [-0.05, 0) is 38.1 Å². The molecule has 0 spiro atoms. The van der Waals surface area contributed by atoms with Crippen molar-refractivity contribution < 1.29 is 13.2 Å². The van der Waals surface area contributed by atoms with Gasteiger partial charge in [-0.1, -0.05) is 0 Å². The van der Waals surface area contributed by atoms with Gasteiger partial charge in [-0.15, -0.1) is 0 Å². The molecule has 0 bridgehead atoms. The van der Waals surface area contributed by atoms with Crippen molar-refractivity contribution in [3.8, 4) is 0 Å². The molecular formula is C14H19N3O3S. The highest BCUT2D eigenvalue weighted by molar-refractivity contribution is 7.89. The fourth-order valence-corrected chi connectivity index (χ4v) is 3.76. The van der Waals surface area contributed by atoms with Gasteiger partial charge in [0.1, 0.15) is 4.90 Å². The van der Waals surface area contributed by atoms with Crippen molar-refractivity contribution in [2.45, 2.75) is 24.3 Å². The van der Waals surface area contributed by atoms with E-state index in [1.807, 2.05) is 0 Å². The minimum atomic E-state index is -3.73. The monoisotopic (exact) mass is 309 g/mol. The Labute approximate surface area is 124 Å². The summed E-state index contributed by atoms with van der Waals surface area (Å²) in [7, 11) is -2.21. The Morgan fingerprint density at radius 2 is 2.05 bits per heavy atom. The standard InChI is InChI=1S/C14H19N3O3S/c1-14(2,9-20-3)17-21(18,19)12-7-6-11(15)10-5-4-8-16-13(10)12/h4-8,17H,9,15H2,1-3H3. The van der Waals surface area contributed by atoms with Gasteiger partial charge in [0.05, 0.1) is 17.7 Å². The number of benzene rings is 1. The lowest BCUT2D eigenvalue weighted by atomic mass is 10.1. The lowest BCUT2D eigenvalue weighted by molar-refractivity contribution is 0.141. The second kappa shape index (κ2) is 5.59. The molecule has 1 heterocycles. The number of fused-ring (bicyclic) bond motifs is 1. The van der Waals surface area contributed by atoms with Gasteiger partial charge < -0.3 is 10.5 Å². The zero-order chi connectivity index (χ0) is 15.7. The first-order valence-electron chi connectivity index (χ1n) is 6.43. The second-order valence-corrected chi connectivity index (χ2v) is 7.13. The summed E-state index contributed by atoms with van der Waals surface area (Å²) in [5, 5.41) is 0.616. The smallest absolute Gasteiger partial charge is 0.243 e. The average molecular weight is 309 g/mol. The van der Waals surface area contributed by atoms with Crippen LogP contribution in [0.4, 0.5) is 5.69 Å². The summed E-state index contributed by atoms with van der Waals surface area (Å²) in [6.07, 6.45) is 1.54. The number of anilines is 1. The molecule has 0 aliphatic heterocycles. The largest absolute Gasteiger partial charge is 0.398 e. The first-order chi connectivity index (χ1) is 9.77. The van der Waals surface area contributed by atoms with Gasteiger partial charge >= 0.3 is 0 Å². The van der Waals surface area contributed by atoms with E-state index < -0.39 is 15.6 Å². The zero-order valence-electron chi connectivity index (χ0n) is 12.3. The van der Waals surface area contributed by atoms with Gasteiger partial charge in [-0.3, -0.25) is 4.98 Å². The SMILES string of the molecule is COCC(C)(C)NS(=O)(=O)c1ccc(N)c2cccnc12. The maximum atomic E-state index is 12.6. The van der Waals surface area contributed by atoms with Crippen LogP contribution >= 0.6 is 0 Å². The summed E-state index contributed by atoms with van der Waals surface area (Å²) in [4.78, 5) is 4.26. The molecule has 0 aliphatic carbocycles. The number of nitrogens with one attached hydrogen (secondary N) is 1. The minimum Gasteiger partial charge on any atom is -0.398 e. The molecule has 1 aromatic carbocycles. The van der Waals surface area contributed by atoms with Crippen LogP contribution in [-0.2, 0) is 14.8 Å². The number of rotatable bonds is 5. The topological polar surface area (TPSA) is 94.3 Å². The molecule has 0 fully saturated rings. The number of hydrogen-bond acceptors (Lipinski definition) is 5. The van der Waals surface area contributed by atoms with Gasteiger partial charge in [-0.25, -0.2) is 13.1 Å². The number of aromatic nitrogens is 1. The first kappa shape index (κ1) is 15.7. The summed E-state index contributed by atoms with van der Waals surface area (Å²) in [6.45, 7) is 3.76. The Bertz CT molecular complexity index is 757.